The standard InChI is InChI=1S/C8H2Cl4O4/c9-3-1(7(13)14)4(10)6(12)2(5(3)11)8(15)16/h(H,13,14)(H,15,16). The van der Waals surface area contributed by atoms with Gasteiger partial charge >= 0.3 is 11.9 Å². The molecule has 0 spiro atoms. The molecule has 0 fully saturated rings. The Hall–Kier alpha value is -0.680. The number of carboxylic acids is 2. The minimum atomic E-state index is -1.45. The summed E-state index contributed by atoms with van der Waals surface area (Å²) < 4.78 is 0. The predicted molar refractivity (Wildman–Crippen MR) is 60.4 cm³/mol. The average molecular weight is 304 g/mol. The van der Waals surface area contributed by atoms with Crippen LogP contribution in [0.4, 0.5) is 0 Å². The molecule has 0 aliphatic rings. The number of carboxylic acid groups (broad SMARTS) is 2. The molecule has 16 heavy (non-hydrogen) atoms. The van der Waals surface area contributed by atoms with E-state index < -0.39 is 43.2 Å². The first-order valence-electron chi connectivity index (χ1n) is 3.61. The first-order valence-corrected chi connectivity index (χ1v) is 5.12. The Bertz CT molecular complexity index is 423. The van der Waals surface area contributed by atoms with Gasteiger partial charge in [-0.15, -0.1) is 0 Å². The molecule has 0 atom stereocenters. The van der Waals surface area contributed by atoms with E-state index >= 15 is 0 Å². The van der Waals surface area contributed by atoms with Gasteiger partial charge in [-0.3, -0.25) is 0 Å². The van der Waals surface area contributed by atoms with Gasteiger partial charge in [-0.1, -0.05) is 46.4 Å². The zero-order valence-electron chi connectivity index (χ0n) is 7.22. The maximum atomic E-state index is 10.8. The van der Waals surface area contributed by atoms with Crippen molar-refractivity contribution in [2.45, 2.75) is 0 Å². The maximum absolute atomic E-state index is 10.8. The molecule has 0 saturated carbocycles. The lowest BCUT2D eigenvalue weighted by molar-refractivity contribution is 0.0681. The zero-order chi connectivity index (χ0) is 12.6. The van der Waals surface area contributed by atoms with Crippen molar-refractivity contribution in [3.8, 4) is 0 Å². The molecular weight excluding hydrogens is 302 g/mol. The molecule has 0 saturated heterocycles. The van der Waals surface area contributed by atoms with Gasteiger partial charge in [0.15, 0.2) is 0 Å². The summed E-state index contributed by atoms with van der Waals surface area (Å²) in [4.78, 5) is 21.6. The molecule has 4 nitrogen and oxygen atoms in total. The highest BCUT2D eigenvalue weighted by Gasteiger charge is 2.27. The van der Waals surface area contributed by atoms with Gasteiger partial charge in [0, 0.05) is 0 Å². The quantitative estimate of drug-likeness (QED) is 0.817. The second-order valence-corrected chi connectivity index (χ2v) is 4.13. The van der Waals surface area contributed by atoms with Gasteiger partial charge in [-0.25, -0.2) is 9.59 Å². The summed E-state index contributed by atoms with van der Waals surface area (Å²) in [6.45, 7) is 0. The molecule has 1 aromatic rings. The van der Waals surface area contributed by atoms with Crippen LogP contribution >= 0.6 is 46.4 Å². The number of halogens is 4. The largest absolute Gasteiger partial charge is 0.478 e. The van der Waals surface area contributed by atoms with Crippen LogP contribution in [0.15, 0.2) is 0 Å². The highest BCUT2D eigenvalue weighted by atomic mass is 35.5. The topological polar surface area (TPSA) is 74.6 Å². The molecule has 0 aliphatic carbocycles. The molecule has 2 N–H and O–H groups in total. The van der Waals surface area contributed by atoms with E-state index in [1.54, 1.807) is 0 Å². The van der Waals surface area contributed by atoms with E-state index in [0.717, 1.165) is 0 Å². The molecule has 0 aliphatic heterocycles. The van der Waals surface area contributed by atoms with Crippen molar-refractivity contribution >= 4 is 58.3 Å². The van der Waals surface area contributed by atoms with Crippen molar-refractivity contribution in [3.05, 3.63) is 31.2 Å². The summed E-state index contributed by atoms with van der Waals surface area (Å²) in [6, 6.07) is 0. The monoisotopic (exact) mass is 302 g/mol. The summed E-state index contributed by atoms with van der Waals surface area (Å²) >= 11 is 22.4. The van der Waals surface area contributed by atoms with Gasteiger partial charge in [-0.05, 0) is 0 Å². The third-order valence-corrected chi connectivity index (χ3v) is 3.40. The molecule has 86 valence electrons. The van der Waals surface area contributed by atoms with E-state index in [-0.39, 0.29) is 0 Å². The average Bonchev–Trinajstić information content (AvgIpc) is 2.14. The molecule has 0 amide bonds. The van der Waals surface area contributed by atoms with Gasteiger partial charge in [0.1, 0.15) is 0 Å². The van der Waals surface area contributed by atoms with Gasteiger partial charge in [0.25, 0.3) is 0 Å². The first-order chi connectivity index (χ1) is 7.29. The SMILES string of the molecule is O=C(O)c1c(Cl)c(Cl)c(C(=O)O)c(Cl)c1Cl. The fourth-order valence-corrected chi connectivity index (χ4v) is 2.18. The van der Waals surface area contributed by atoms with Crippen LogP contribution < -0.4 is 0 Å². The molecule has 0 unspecified atom stereocenters. The van der Waals surface area contributed by atoms with Gasteiger partial charge in [-0.2, -0.15) is 0 Å². The Kier molecular flexibility index (Phi) is 3.91. The van der Waals surface area contributed by atoms with Crippen molar-refractivity contribution in [1.82, 2.24) is 0 Å². The molecule has 8 heteroatoms. The normalized spacial score (nSPS) is 10.2. The first kappa shape index (κ1) is 13.4. The lowest BCUT2D eigenvalue weighted by Gasteiger charge is -2.10. The van der Waals surface area contributed by atoms with E-state index in [2.05, 4.69) is 0 Å². The number of benzene rings is 1. The third kappa shape index (κ3) is 2.06. The van der Waals surface area contributed by atoms with Crippen molar-refractivity contribution in [3.63, 3.8) is 0 Å². The van der Waals surface area contributed by atoms with Crippen LogP contribution in [0.2, 0.25) is 20.1 Å². The van der Waals surface area contributed by atoms with Gasteiger partial charge in [0.05, 0.1) is 31.2 Å². The summed E-state index contributed by atoms with van der Waals surface area (Å²) in [6.07, 6.45) is 0. The number of rotatable bonds is 2. The molecule has 1 rings (SSSR count). The van der Waals surface area contributed by atoms with Gasteiger partial charge < -0.3 is 10.2 Å². The Morgan fingerprint density at radius 1 is 0.688 bits per heavy atom. The van der Waals surface area contributed by atoms with Crippen LogP contribution in [0.3, 0.4) is 0 Å². The molecule has 0 radical (unpaired) electrons. The van der Waals surface area contributed by atoms with E-state index in [1.807, 2.05) is 0 Å². The summed E-state index contributed by atoms with van der Waals surface area (Å²) in [5, 5.41) is 15.8. The summed E-state index contributed by atoms with van der Waals surface area (Å²) in [5.41, 5.74) is -1.05. The predicted octanol–water partition coefficient (Wildman–Crippen LogP) is 3.70. The van der Waals surface area contributed by atoms with Crippen LogP contribution in [0.1, 0.15) is 20.7 Å². The fraction of sp³-hybridized carbons (Fsp3) is 0. The molecule has 0 aromatic heterocycles. The zero-order valence-corrected chi connectivity index (χ0v) is 10.2. The molecular formula is C8H2Cl4O4. The number of hydrogen-bond donors (Lipinski definition) is 2. The maximum Gasteiger partial charge on any atom is 0.338 e. The number of aromatic carboxylic acids is 2. The van der Waals surface area contributed by atoms with E-state index in [4.69, 9.17) is 56.6 Å². The van der Waals surface area contributed by atoms with Crippen molar-refractivity contribution in [1.29, 1.82) is 0 Å². The second kappa shape index (κ2) is 4.67. The van der Waals surface area contributed by atoms with Crippen molar-refractivity contribution in [2.24, 2.45) is 0 Å². The summed E-state index contributed by atoms with van der Waals surface area (Å²) in [7, 11) is 0. The lowest BCUT2D eigenvalue weighted by Crippen LogP contribution is -2.06. The second-order valence-electron chi connectivity index (χ2n) is 2.62. The van der Waals surface area contributed by atoms with Crippen LogP contribution in [0, 0.1) is 0 Å². The third-order valence-electron chi connectivity index (χ3n) is 1.69. The van der Waals surface area contributed by atoms with Crippen LogP contribution in [0.25, 0.3) is 0 Å². The van der Waals surface area contributed by atoms with Crippen molar-refractivity contribution in [2.75, 3.05) is 0 Å². The smallest absolute Gasteiger partial charge is 0.338 e. The van der Waals surface area contributed by atoms with Crippen LogP contribution in [0.5, 0.6) is 0 Å². The Morgan fingerprint density at radius 3 is 1.00 bits per heavy atom. The number of carbonyl (C=O) groups is 2. The summed E-state index contributed by atoms with van der Waals surface area (Å²) in [5.74, 6) is -2.90. The van der Waals surface area contributed by atoms with E-state index in [1.165, 1.54) is 0 Å². The van der Waals surface area contributed by atoms with Gasteiger partial charge in [0.2, 0.25) is 0 Å². The Morgan fingerprint density at radius 2 is 0.875 bits per heavy atom. The molecule has 0 heterocycles. The van der Waals surface area contributed by atoms with Crippen molar-refractivity contribution < 1.29 is 19.8 Å². The molecule has 0 bridgehead atoms. The number of hydrogen-bond acceptors (Lipinski definition) is 2. The minimum Gasteiger partial charge on any atom is -0.478 e. The Labute approximate surface area is 109 Å². The molecule has 1 aromatic carbocycles. The Balaban J connectivity index is 3.77. The van der Waals surface area contributed by atoms with Crippen LogP contribution in [-0.2, 0) is 0 Å². The highest BCUT2D eigenvalue weighted by Crippen LogP contribution is 2.41. The van der Waals surface area contributed by atoms with Crippen LogP contribution in [-0.4, -0.2) is 22.2 Å². The fourth-order valence-electron chi connectivity index (χ4n) is 1.01. The van der Waals surface area contributed by atoms with E-state index in [0.29, 0.717) is 0 Å². The minimum absolute atomic E-state index is 0.457. The lowest BCUT2D eigenvalue weighted by atomic mass is 10.1. The highest BCUT2D eigenvalue weighted by molar-refractivity contribution is 6.52. The van der Waals surface area contributed by atoms with E-state index in [9.17, 15) is 9.59 Å².